The van der Waals surface area contributed by atoms with E-state index in [4.69, 9.17) is 34.7 Å². The fourth-order valence-corrected chi connectivity index (χ4v) is 12.6. The van der Waals surface area contributed by atoms with Crippen molar-refractivity contribution in [2.75, 3.05) is 37.9 Å². The van der Waals surface area contributed by atoms with E-state index in [0.29, 0.717) is 47.8 Å². The number of nitrogens with one attached hydrogen (secondary N) is 2. The van der Waals surface area contributed by atoms with Gasteiger partial charge in [-0.25, -0.2) is 9.97 Å². The van der Waals surface area contributed by atoms with E-state index in [1.54, 1.807) is 9.13 Å². The molecule has 4 aromatic heterocycles. The number of H-pyrrole nitrogens is 2. The van der Waals surface area contributed by atoms with E-state index >= 15 is 0 Å². The average molecular weight is 870 g/mol. The highest BCUT2D eigenvalue weighted by molar-refractivity contribution is 7.33. The van der Waals surface area contributed by atoms with Crippen molar-refractivity contribution in [1.82, 2.24) is 39.0 Å². The number of carbonyl (C=O) groups excluding carboxylic acids is 1. The summed E-state index contributed by atoms with van der Waals surface area (Å²) in [6.45, 7) is 7.75. The Kier molecular flexibility index (Phi) is 12.6. The van der Waals surface area contributed by atoms with E-state index in [1.807, 2.05) is 0 Å². The Balaban J connectivity index is 0.757. The lowest BCUT2D eigenvalue weighted by Crippen LogP contribution is -2.58. The molecular weight excluding hydrogens is 811 g/mol. The summed E-state index contributed by atoms with van der Waals surface area (Å²) in [7, 11) is -2.36. The number of aromatic nitrogens is 8. The van der Waals surface area contributed by atoms with Crippen molar-refractivity contribution >= 4 is 48.4 Å². The number of fused-ring (bicyclic) bond motifs is 7. The second-order valence-corrected chi connectivity index (χ2v) is 19.0. The number of carbonyl (C=O) groups is 1. The van der Waals surface area contributed by atoms with Crippen LogP contribution >= 0.6 is 8.25 Å². The van der Waals surface area contributed by atoms with Crippen molar-refractivity contribution in [1.29, 1.82) is 0 Å². The van der Waals surface area contributed by atoms with Gasteiger partial charge in [0.1, 0.15) is 32.8 Å². The Hall–Kier alpha value is -4.33. The first-order chi connectivity index (χ1) is 29.2. The molecule has 4 aliphatic carbocycles. The zero-order valence-corrected chi connectivity index (χ0v) is 35.9. The van der Waals surface area contributed by atoms with Crippen molar-refractivity contribution in [3.63, 3.8) is 0 Å². The molecule has 0 bridgehead atoms. The molecule has 0 radical (unpaired) electrons. The van der Waals surface area contributed by atoms with E-state index in [1.165, 1.54) is 12.7 Å². The predicted molar refractivity (Wildman–Crippen MR) is 221 cm³/mol. The minimum absolute atomic E-state index is 0.00671. The first-order valence-electron chi connectivity index (χ1n) is 21.4. The van der Waals surface area contributed by atoms with Gasteiger partial charge in [0, 0.05) is 11.0 Å². The highest BCUT2D eigenvalue weighted by atomic mass is 31.1. The van der Waals surface area contributed by atoms with Gasteiger partial charge in [-0.05, 0) is 104 Å². The standard InChI is InChI=1S/C40H57N10O10P/c1-22(4-7-29(52)58-14-12-56-20-49-18-43-31-33(49)45-37(41)47-35(31)53)25-5-6-26-30-27(9-11-40(25,26)3)39(2)10-8-24(16-23(39)17-28(30)51)60-61(55)59-15-13-57-21-50-19-44-32-34(50)46-38(42)48-36(32)54/h18-19,22-28,30,51H,4-17,20-21H2,1-3H3,(H5-,41,42,45,46,47,48,53,54)/p+1/t22-,23+,24-,25-,26+,27+,28-,30+,39+,40-/m1/s1. The van der Waals surface area contributed by atoms with Gasteiger partial charge < -0.3 is 30.8 Å². The molecule has 61 heavy (non-hydrogen) atoms. The average Bonchev–Trinajstić information content (AvgIpc) is 3.92. The first-order valence-corrected chi connectivity index (χ1v) is 22.5. The van der Waals surface area contributed by atoms with Crippen LogP contribution in [0.15, 0.2) is 22.2 Å². The van der Waals surface area contributed by atoms with Crippen LogP contribution in [0, 0.1) is 46.3 Å². The van der Waals surface area contributed by atoms with Gasteiger partial charge in [-0.15, -0.1) is 9.05 Å². The summed E-state index contributed by atoms with van der Waals surface area (Å²) in [6, 6.07) is 0. The molecule has 4 aromatic rings. The molecule has 1 unspecified atom stereocenters. The minimum atomic E-state index is -2.36. The SMILES string of the molecule is C[C@H](CCC(=O)OCCOCn1cnc2c(=O)[nH]c(N)nc21)[C@H]1CC[C@H]2[C@@H]3[C@H](O)C[C@@H]4C[C@H](O[P+](=O)OCCOCn5cnc6c(=O)[nH]c(N)nc65)CC[C@]4(C)[C@H]3CC[C@]12C. The lowest BCUT2D eigenvalue weighted by molar-refractivity contribution is -0.173. The predicted octanol–water partition coefficient (Wildman–Crippen LogP) is 4.01. The number of nitrogens with zero attached hydrogens (tertiary/aromatic N) is 6. The normalized spacial score (nSPS) is 30.5. The van der Waals surface area contributed by atoms with Crippen LogP contribution in [0.2, 0.25) is 0 Å². The molecule has 4 aliphatic rings. The van der Waals surface area contributed by atoms with E-state index in [0.717, 1.165) is 51.4 Å². The fourth-order valence-electron chi connectivity index (χ4n) is 11.9. The summed E-state index contributed by atoms with van der Waals surface area (Å²) < 4.78 is 44.2. The molecule has 4 heterocycles. The molecule has 11 atom stereocenters. The smallest absolute Gasteiger partial charge is 0.463 e. The van der Waals surface area contributed by atoms with Gasteiger partial charge in [0.05, 0.1) is 32.0 Å². The van der Waals surface area contributed by atoms with E-state index in [-0.39, 0.29) is 97.6 Å². The fraction of sp³-hybridized carbons (Fsp3) is 0.725. The van der Waals surface area contributed by atoms with E-state index in [2.05, 4.69) is 50.7 Å². The van der Waals surface area contributed by atoms with Crippen LogP contribution in [-0.4, -0.2) is 88.7 Å². The number of esters is 1. The van der Waals surface area contributed by atoms with Crippen LogP contribution in [0.3, 0.4) is 0 Å². The maximum absolute atomic E-state index is 12.8. The Labute approximate surface area is 352 Å². The van der Waals surface area contributed by atoms with Crippen molar-refractivity contribution in [3.8, 4) is 0 Å². The van der Waals surface area contributed by atoms with Crippen molar-refractivity contribution < 1.29 is 37.7 Å². The number of nitrogen functional groups attached to an aromatic ring is 2. The number of anilines is 2. The molecule has 21 heteroatoms. The topological polar surface area (TPSA) is 280 Å². The summed E-state index contributed by atoms with van der Waals surface area (Å²) in [5, 5.41) is 11.9. The van der Waals surface area contributed by atoms with Gasteiger partial charge in [-0.3, -0.25) is 33.5 Å². The summed E-state index contributed by atoms with van der Waals surface area (Å²) in [5.74, 6) is 1.87. The number of hydrogen-bond acceptors (Lipinski definition) is 16. The van der Waals surface area contributed by atoms with Gasteiger partial charge in [0.15, 0.2) is 22.3 Å². The molecule has 332 valence electrons. The Morgan fingerprint density at radius 3 is 2.15 bits per heavy atom. The van der Waals surface area contributed by atoms with Crippen LogP contribution in [0.5, 0.6) is 0 Å². The third kappa shape index (κ3) is 8.71. The van der Waals surface area contributed by atoms with Crippen molar-refractivity contribution in [3.05, 3.63) is 33.4 Å². The molecular formula is C40H58N10O10P+. The molecule has 0 saturated heterocycles. The number of imidazole rings is 2. The molecule has 0 aliphatic heterocycles. The Morgan fingerprint density at radius 2 is 1.49 bits per heavy atom. The second kappa shape index (κ2) is 17.8. The number of aliphatic hydroxyl groups is 1. The number of aliphatic hydroxyl groups excluding tert-OH is 1. The maximum Gasteiger partial charge on any atom is 0.697 e. The number of ether oxygens (including phenoxy) is 3. The van der Waals surface area contributed by atoms with E-state index in [9.17, 15) is 24.1 Å². The highest BCUT2D eigenvalue weighted by Crippen LogP contribution is 2.68. The first kappa shape index (κ1) is 43.3. The van der Waals surface area contributed by atoms with Crippen LogP contribution in [0.4, 0.5) is 11.9 Å². The van der Waals surface area contributed by atoms with Crippen LogP contribution < -0.4 is 22.6 Å². The zero-order valence-electron chi connectivity index (χ0n) is 35.0. The lowest BCUT2D eigenvalue weighted by Gasteiger charge is -2.62. The van der Waals surface area contributed by atoms with Crippen LogP contribution in [0.1, 0.15) is 85.0 Å². The second-order valence-electron chi connectivity index (χ2n) is 18.1. The van der Waals surface area contributed by atoms with E-state index < -0.39 is 25.5 Å². The molecule has 4 fully saturated rings. The van der Waals surface area contributed by atoms with Crippen LogP contribution in [0.25, 0.3) is 22.3 Å². The highest BCUT2D eigenvalue weighted by Gasteiger charge is 2.63. The summed E-state index contributed by atoms with van der Waals surface area (Å²) in [5.41, 5.74) is 11.6. The zero-order chi connectivity index (χ0) is 43.1. The van der Waals surface area contributed by atoms with Gasteiger partial charge in [0.2, 0.25) is 11.9 Å². The van der Waals surface area contributed by atoms with Crippen molar-refractivity contribution in [2.24, 2.45) is 46.3 Å². The summed E-state index contributed by atoms with van der Waals surface area (Å²) in [6.07, 6.45) is 10.9. The molecule has 4 saturated carbocycles. The molecule has 0 spiro atoms. The molecule has 0 amide bonds. The summed E-state index contributed by atoms with van der Waals surface area (Å²) >= 11 is 0. The van der Waals surface area contributed by atoms with Crippen molar-refractivity contribution in [2.45, 2.75) is 111 Å². The molecule has 8 rings (SSSR count). The molecule has 7 N–H and O–H groups in total. The monoisotopic (exact) mass is 869 g/mol. The Bertz CT molecular complexity index is 2350. The maximum atomic E-state index is 12.8. The number of rotatable bonds is 17. The van der Waals surface area contributed by atoms with Gasteiger partial charge >= 0.3 is 14.2 Å². The van der Waals surface area contributed by atoms with Crippen LogP contribution in [-0.2, 0) is 46.1 Å². The largest absolute Gasteiger partial charge is 0.697 e. The number of nitrogens with two attached hydrogens (primary N) is 2. The van der Waals surface area contributed by atoms with Gasteiger partial charge in [-0.2, -0.15) is 9.97 Å². The minimum Gasteiger partial charge on any atom is -0.463 e. The number of hydrogen-bond donors (Lipinski definition) is 5. The third-order valence-corrected chi connectivity index (χ3v) is 15.7. The Morgan fingerprint density at radius 1 is 0.885 bits per heavy atom. The lowest BCUT2D eigenvalue weighted by atomic mass is 9.43. The summed E-state index contributed by atoms with van der Waals surface area (Å²) in [4.78, 5) is 57.9. The third-order valence-electron chi connectivity index (χ3n) is 14.8. The quantitative estimate of drug-likeness (QED) is 0.0569. The number of aromatic amines is 2. The molecule has 0 aromatic carbocycles. The van der Waals surface area contributed by atoms with Gasteiger partial charge in [0.25, 0.3) is 11.1 Å². The molecule has 20 nitrogen and oxygen atoms in total. The van der Waals surface area contributed by atoms with Gasteiger partial charge in [-0.1, -0.05) is 20.8 Å².